The molecule has 2 N–H and O–H groups in total. The van der Waals surface area contributed by atoms with Crippen LogP contribution in [0.3, 0.4) is 0 Å². The van der Waals surface area contributed by atoms with Crippen molar-refractivity contribution >= 4 is 5.69 Å². The molecule has 0 saturated carbocycles. The fraction of sp³-hybridized carbons (Fsp3) is 0.600. The van der Waals surface area contributed by atoms with Crippen LogP contribution in [0.1, 0.15) is 13.8 Å². The Labute approximate surface area is 116 Å². The Bertz CT molecular complexity index is 433. The van der Waals surface area contributed by atoms with Crippen LogP contribution in [-0.2, 0) is 0 Å². The van der Waals surface area contributed by atoms with Gasteiger partial charge in [0.15, 0.2) is 0 Å². The van der Waals surface area contributed by atoms with Crippen molar-refractivity contribution in [3.8, 4) is 5.75 Å². The van der Waals surface area contributed by atoms with Crippen molar-refractivity contribution in [2.75, 3.05) is 38.7 Å². The van der Waals surface area contributed by atoms with Crippen LogP contribution in [0.15, 0.2) is 24.3 Å². The standard InChI is InChI=1S/C15H25N3O/c1-15(2)11-18(13(9-16)10-17(15)3)12-6-5-7-14(8-12)19-4/h5-8,13H,9-11,16H2,1-4H3. The summed E-state index contributed by atoms with van der Waals surface area (Å²) in [5.74, 6) is 0.894. The highest BCUT2D eigenvalue weighted by atomic mass is 16.5. The van der Waals surface area contributed by atoms with Crippen molar-refractivity contribution in [2.45, 2.75) is 25.4 Å². The number of anilines is 1. The second-order valence-electron chi connectivity index (χ2n) is 5.91. The molecule has 106 valence electrons. The van der Waals surface area contributed by atoms with Gasteiger partial charge >= 0.3 is 0 Å². The molecule has 4 heteroatoms. The van der Waals surface area contributed by atoms with Crippen molar-refractivity contribution in [2.24, 2.45) is 5.73 Å². The van der Waals surface area contributed by atoms with Crippen LogP contribution < -0.4 is 15.4 Å². The average Bonchev–Trinajstić information content (AvgIpc) is 2.41. The zero-order chi connectivity index (χ0) is 14.0. The minimum absolute atomic E-state index is 0.148. The van der Waals surface area contributed by atoms with Crippen LogP contribution in [0.4, 0.5) is 5.69 Å². The van der Waals surface area contributed by atoms with E-state index < -0.39 is 0 Å². The average molecular weight is 263 g/mol. The molecule has 0 bridgehead atoms. The summed E-state index contributed by atoms with van der Waals surface area (Å²) in [6, 6.07) is 8.58. The van der Waals surface area contributed by atoms with E-state index in [1.165, 1.54) is 5.69 Å². The number of hydrogen-bond donors (Lipinski definition) is 1. The van der Waals surface area contributed by atoms with Crippen LogP contribution in [0, 0.1) is 0 Å². The number of ether oxygens (including phenoxy) is 1. The van der Waals surface area contributed by atoms with Gasteiger partial charge in [-0.25, -0.2) is 0 Å². The monoisotopic (exact) mass is 263 g/mol. The third kappa shape index (κ3) is 2.85. The zero-order valence-electron chi connectivity index (χ0n) is 12.4. The van der Waals surface area contributed by atoms with E-state index in [1.54, 1.807) is 7.11 Å². The Kier molecular flexibility index (Phi) is 4.02. The largest absolute Gasteiger partial charge is 0.497 e. The molecule has 1 aromatic carbocycles. The van der Waals surface area contributed by atoms with Crippen molar-refractivity contribution in [1.82, 2.24) is 4.90 Å². The van der Waals surface area contributed by atoms with Gasteiger partial charge in [0.1, 0.15) is 5.75 Å². The van der Waals surface area contributed by atoms with Gasteiger partial charge in [0.2, 0.25) is 0 Å². The first-order chi connectivity index (χ1) is 8.97. The maximum Gasteiger partial charge on any atom is 0.120 e. The van der Waals surface area contributed by atoms with Crippen molar-refractivity contribution in [1.29, 1.82) is 0 Å². The molecule has 1 unspecified atom stereocenters. The van der Waals surface area contributed by atoms with E-state index >= 15 is 0 Å². The molecular formula is C15H25N3O. The van der Waals surface area contributed by atoms with Gasteiger partial charge < -0.3 is 15.4 Å². The molecule has 0 aromatic heterocycles. The molecule has 1 heterocycles. The predicted octanol–water partition coefficient (Wildman–Crippen LogP) is 1.55. The number of piperazine rings is 1. The van der Waals surface area contributed by atoms with Crippen molar-refractivity contribution < 1.29 is 4.74 Å². The van der Waals surface area contributed by atoms with Crippen LogP contribution in [0.25, 0.3) is 0 Å². The fourth-order valence-corrected chi connectivity index (χ4v) is 2.62. The Morgan fingerprint density at radius 3 is 2.79 bits per heavy atom. The summed E-state index contributed by atoms with van der Waals surface area (Å²) < 4.78 is 5.32. The van der Waals surface area contributed by atoms with E-state index in [0.29, 0.717) is 12.6 Å². The lowest BCUT2D eigenvalue weighted by Gasteiger charge is -2.50. The second-order valence-corrected chi connectivity index (χ2v) is 5.91. The van der Waals surface area contributed by atoms with Gasteiger partial charge in [0, 0.05) is 36.9 Å². The highest BCUT2D eigenvalue weighted by Crippen LogP contribution is 2.29. The molecule has 1 atom stereocenters. The summed E-state index contributed by atoms with van der Waals surface area (Å²) in [4.78, 5) is 4.80. The predicted molar refractivity (Wildman–Crippen MR) is 79.9 cm³/mol. The zero-order valence-corrected chi connectivity index (χ0v) is 12.4. The number of nitrogens with two attached hydrogens (primary N) is 1. The summed E-state index contributed by atoms with van der Waals surface area (Å²) in [5, 5.41) is 0. The van der Waals surface area contributed by atoms with Crippen LogP contribution in [0.5, 0.6) is 5.75 Å². The van der Waals surface area contributed by atoms with E-state index in [1.807, 2.05) is 12.1 Å². The van der Waals surface area contributed by atoms with Gasteiger partial charge in [0.25, 0.3) is 0 Å². The molecule has 0 radical (unpaired) electrons. The lowest BCUT2D eigenvalue weighted by molar-refractivity contribution is 0.116. The lowest BCUT2D eigenvalue weighted by Crippen LogP contribution is -2.64. The maximum absolute atomic E-state index is 5.95. The highest BCUT2D eigenvalue weighted by molar-refractivity contribution is 5.52. The summed E-state index contributed by atoms with van der Waals surface area (Å²) in [6.45, 7) is 7.16. The minimum Gasteiger partial charge on any atom is -0.497 e. The minimum atomic E-state index is 0.148. The SMILES string of the molecule is COc1cccc(N2CC(C)(C)N(C)CC2CN)c1. The molecule has 1 aromatic rings. The number of benzene rings is 1. The highest BCUT2D eigenvalue weighted by Gasteiger charge is 2.36. The summed E-state index contributed by atoms with van der Waals surface area (Å²) in [7, 11) is 3.87. The molecular weight excluding hydrogens is 238 g/mol. The first-order valence-electron chi connectivity index (χ1n) is 6.80. The molecule has 1 fully saturated rings. The molecule has 0 amide bonds. The molecule has 2 rings (SSSR count). The van der Waals surface area contributed by atoms with Crippen molar-refractivity contribution in [3.63, 3.8) is 0 Å². The molecule has 1 aliphatic rings. The Morgan fingerprint density at radius 2 is 2.16 bits per heavy atom. The number of methoxy groups -OCH3 is 1. The van der Waals surface area contributed by atoms with E-state index in [-0.39, 0.29) is 5.54 Å². The first-order valence-corrected chi connectivity index (χ1v) is 6.80. The van der Waals surface area contributed by atoms with Crippen LogP contribution in [-0.4, -0.2) is 50.3 Å². The molecule has 1 saturated heterocycles. The maximum atomic E-state index is 5.95. The second kappa shape index (κ2) is 5.39. The quantitative estimate of drug-likeness (QED) is 0.898. The Hall–Kier alpha value is -1.26. The van der Waals surface area contributed by atoms with Gasteiger partial charge in [-0.2, -0.15) is 0 Å². The van der Waals surface area contributed by atoms with E-state index in [4.69, 9.17) is 10.5 Å². The molecule has 0 spiro atoms. The van der Waals surface area contributed by atoms with Gasteiger partial charge in [0.05, 0.1) is 13.2 Å². The topological polar surface area (TPSA) is 41.7 Å². The number of rotatable bonds is 3. The van der Waals surface area contributed by atoms with Gasteiger partial charge in [-0.15, -0.1) is 0 Å². The van der Waals surface area contributed by atoms with Gasteiger partial charge in [-0.05, 0) is 33.0 Å². The normalized spacial score (nSPS) is 23.4. The molecule has 0 aliphatic carbocycles. The van der Waals surface area contributed by atoms with Crippen LogP contribution in [0.2, 0.25) is 0 Å². The number of hydrogen-bond acceptors (Lipinski definition) is 4. The summed E-state index contributed by atoms with van der Waals surface area (Å²) in [5.41, 5.74) is 7.29. The summed E-state index contributed by atoms with van der Waals surface area (Å²) in [6.07, 6.45) is 0. The van der Waals surface area contributed by atoms with Gasteiger partial charge in [-0.1, -0.05) is 6.07 Å². The van der Waals surface area contributed by atoms with E-state index in [9.17, 15) is 0 Å². The Balaban J connectivity index is 2.29. The van der Waals surface area contributed by atoms with E-state index in [0.717, 1.165) is 18.8 Å². The lowest BCUT2D eigenvalue weighted by atomic mass is 9.95. The van der Waals surface area contributed by atoms with E-state index in [2.05, 4.69) is 42.8 Å². The van der Waals surface area contributed by atoms with Crippen LogP contribution >= 0.6 is 0 Å². The van der Waals surface area contributed by atoms with Crippen molar-refractivity contribution in [3.05, 3.63) is 24.3 Å². The first kappa shape index (κ1) is 14.2. The molecule has 19 heavy (non-hydrogen) atoms. The number of nitrogens with zero attached hydrogens (tertiary/aromatic N) is 2. The Morgan fingerprint density at radius 1 is 1.42 bits per heavy atom. The molecule has 4 nitrogen and oxygen atoms in total. The third-order valence-electron chi connectivity index (χ3n) is 4.17. The molecule has 1 aliphatic heterocycles. The van der Waals surface area contributed by atoms with Gasteiger partial charge in [-0.3, -0.25) is 4.90 Å². The third-order valence-corrected chi connectivity index (χ3v) is 4.17. The number of likely N-dealkylation sites (N-methyl/N-ethyl adjacent to an activating group) is 1. The fourth-order valence-electron chi connectivity index (χ4n) is 2.62. The summed E-state index contributed by atoms with van der Waals surface area (Å²) >= 11 is 0. The smallest absolute Gasteiger partial charge is 0.120 e.